The highest BCUT2D eigenvalue weighted by molar-refractivity contribution is 7.13. The van der Waals surface area contributed by atoms with E-state index in [1.807, 2.05) is 48.6 Å². The van der Waals surface area contributed by atoms with Crippen molar-refractivity contribution < 1.29 is 4.79 Å². The first-order valence-corrected chi connectivity index (χ1v) is 9.25. The number of aromatic nitrogens is 1. The molecule has 0 spiro atoms. The van der Waals surface area contributed by atoms with Crippen molar-refractivity contribution in [1.82, 2.24) is 9.88 Å². The molecule has 1 aliphatic heterocycles. The molecule has 1 fully saturated rings. The lowest BCUT2D eigenvalue weighted by Gasteiger charge is -2.25. The average Bonchev–Trinajstić information content (AvgIpc) is 3.02. The number of anilines is 2. The van der Waals surface area contributed by atoms with Gasteiger partial charge in [0.2, 0.25) is 0 Å². The van der Waals surface area contributed by atoms with Gasteiger partial charge in [-0.1, -0.05) is 12.5 Å². The summed E-state index contributed by atoms with van der Waals surface area (Å²) in [6.45, 7) is 3.18. The molecule has 0 unspecified atom stereocenters. The Bertz CT molecular complexity index is 692. The fraction of sp³-hybridized carbons (Fsp3) is 0.444. The molecule has 1 saturated heterocycles. The van der Waals surface area contributed by atoms with Crippen molar-refractivity contribution in [2.24, 2.45) is 0 Å². The molecule has 0 bridgehead atoms. The van der Waals surface area contributed by atoms with E-state index in [0.29, 0.717) is 10.7 Å². The maximum atomic E-state index is 12.4. The molecule has 1 aromatic carbocycles. The number of hydrogen-bond acceptors (Lipinski definition) is 5. The van der Waals surface area contributed by atoms with Gasteiger partial charge in [0.05, 0.1) is 5.69 Å². The van der Waals surface area contributed by atoms with Gasteiger partial charge >= 0.3 is 0 Å². The first-order chi connectivity index (χ1) is 11.6. The number of likely N-dealkylation sites (tertiary alicyclic amines) is 1. The summed E-state index contributed by atoms with van der Waals surface area (Å²) >= 11 is 1.49. The van der Waals surface area contributed by atoms with Crippen LogP contribution in [0.4, 0.5) is 10.8 Å². The Morgan fingerprint density at radius 2 is 2.08 bits per heavy atom. The number of nitrogens with one attached hydrogen (secondary N) is 1. The summed E-state index contributed by atoms with van der Waals surface area (Å²) in [4.78, 5) is 21.4. The second-order valence-corrected chi connectivity index (χ2v) is 7.24. The maximum absolute atomic E-state index is 12.4. The van der Waals surface area contributed by atoms with E-state index in [-0.39, 0.29) is 5.91 Å². The summed E-state index contributed by atoms with van der Waals surface area (Å²) in [7, 11) is 3.93. The molecular weight excluding hydrogens is 320 g/mol. The second-order valence-electron chi connectivity index (χ2n) is 6.38. The van der Waals surface area contributed by atoms with Crippen LogP contribution < -0.4 is 10.2 Å². The molecule has 6 heteroatoms. The smallest absolute Gasteiger partial charge is 0.257 e. The first-order valence-electron chi connectivity index (χ1n) is 8.37. The van der Waals surface area contributed by atoms with Gasteiger partial charge in [0, 0.05) is 37.3 Å². The van der Waals surface area contributed by atoms with Crippen LogP contribution in [0.3, 0.4) is 0 Å². The predicted molar refractivity (Wildman–Crippen MR) is 100.0 cm³/mol. The van der Waals surface area contributed by atoms with E-state index >= 15 is 0 Å². The molecule has 1 amide bonds. The number of thiazole rings is 1. The maximum Gasteiger partial charge on any atom is 0.257 e. The Labute approximate surface area is 147 Å². The molecule has 24 heavy (non-hydrogen) atoms. The first kappa shape index (κ1) is 16.9. The van der Waals surface area contributed by atoms with Crippen LogP contribution in [0, 0.1) is 0 Å². The van der Waals surface area contributed by atoms with Gasteiger partial charge in [-0.15, -0.1) is 11.3 Å². The zero-order chi connectivity index (χ0) is 16.9. The Morgan fingerprint density at radius 3 is 2.83 bits per heavy atom. The summed E-state index contributed by atoms with van der Waals surface area (Å²) in [6, 6.07) is 7.59. The third-order valence-corrected chi connectivity index (χ3v) is 5.04. The van der Waals surface area contributed by atoms with Crippen molar-refractivity contribution in [2.75, 3.05) is 37.4 Å². The van der Waals surface area contributed by atoms with E-state index in [2.05, 4.69) is 15.2 Å². The number of amides is 1. The Morgan fingerprint density at radius 1 is 1.29 bits per heavy atom. The summed E-state index contributed by atoms with van der Waals surface area (Å²) in [5, 5.41) is 5.62. The molecule has 3 rings (SSSR count). The zero-order valence-corrected chi connectivity index (χ0v) is 15.1. The topological polar surface area (TPSA) is 48.5 Å². The Kier molecular flexibility index (Phi) is 5.48. The van der Waals surface area contributed by atoms with E-state index in [4.69, 9.17) is 0 Å². The Hall–Kier alpha value is -1.92. The van der Waals surface area contributed by atoms with Gasteiger partial charge in [-0.25, -0.2) is 4.98 Å². The highest BCUT2D eigenvalue weighted by Gasteiger charge is 2.14. The minimum absolute atomic E-state index is 0.113. The van der Waals surface area contributed by atoms with Crippen LogP contribution in [0.15, 0.2) is 29.6 Å². The molecule has 0 atom stereocenters. The van der Waals surface area contributed by atoms with E-state index in [9.17, 15) is 4.79 Å². The van der Waals surface area contributed by atoms with E-state index in [1.54, 1.807) is 0 Å². The second kappa shape index (κ2) is 7.77. The molecule has 1 aliphatic rings. The molecule has 128 valence electrons. The summed E-state index contributed by atoms with van der Waals surface area (Å²) < 4.78 is 0. The molecular formula is C18H24N4OS. The third-order valence-electron chi connectivity index (χ3n) is 4.23. The summed E-state index contributed by atoms with van der Waals surface area (Å²) in [6.07, 6.45) is 3.88. The van der Waals surface area contributed by atoms with Crippen molar-refractivity contribution >= 4 is 28.1 Å². The number of hydrogen-bond donors (Lipinski definition) is 1. The van der Waals surface area contributed by atoms with Crippen LogP contribution in [-0.4, -0.2) is 43.0 Å². The van der Waals surface area contributed by atoms with Crippen LogP contribution in [-0.2, 0) is 6.54 Å². The van der Waals surface area contributed by atoms with Gasteiger partial charge in [0.25, 0.3) is 5.91 Å². The number of piperidine rings is 1. The van der Waals surface area contributed by atoms with Gasteiger partial charge in [0.15, 0.2) is 5.13 Å². The molecule has 0 radical (unpaired) electrons. The van der Waals surface area contributed by atoms with Crippen molar-refractivity contribution in [3.63, 3.8) is 0 Å². The summed E-state index contributed by atoms with van der Waals surface area (Å²) in [5.41, 5.74) is 2.70. The molecule has 5 nitrogen and oxygen atoms in total. The molecule has 0 saturated carbocycles. The monoisotopic (exact) mass is 344 g/mol. The lowest BCUT2D eigenvalue weighted by atomic mass is 10.1. The van der Waals surface area contributed by atoms with Gasteiger partial charge in [-0.2, -0.15) is 0 Å². The highest BCUT2D eigenvalue weighted by Crippen LogP contribution is 2.20. The summed E-state index contributed by atoms with van der Waals surface area (Å²) in [5.74, 6) is -0.113. The third kappa shape index (κ3) is 4.33. The van der Waals surface area contributed by atoms with Gasteiger partial charge in [0.1, 0.15) is 0 Å². The van der Waals surface area contributed by atoms with Gasteiger partial charge < -0.3 is 4.90 Å². The SMILES string of the molecule is CN(C)c1cccc(C(=O)Nc2nc(CN3CCCCC3)cs2)c1. The number of rotatable bonds is 5. The minimum Gasteiger partial charge on any atom is -0.378 e. The Balaban J connectivity index is 1.61. The highest BCUT2D eigenvalue weighted by atomic mass is 32.1. The lowest BCUT2D eigenvalue weighted by molar-refractivity contribution is 0.102. The van der Waals surface area contributed by atoms with Crippen molar-refractivity contribution in [3.05, 3.63) is 40.9 Å². The predicted octanol–water partition coefficient (Wildman–Crippen LogP) is 3.45. The van der Waals surface area contributed by atoms with Gasteiger partial charge in [-0.3, -0.25) is 15.0 Å². The number of nitrogens with zero attached hydrogens (tertiary/aromatic N) is 3. The van der Waals surface area contributed by atoms with Crippen molar-refractivity contribution in [2.45, 2.75) is 25.8 Å². The molecule has 2 aromatic rings. The fourth-order valence-electron chi connectivity index (χ4n) is 2.88. The largest absolute Gasteiger partial charge is 0.378 e. The normalized spacial score (nSPS) is 15.2. The molecule has 1 aromatic heterocycles. The van der Waals surface area contributed by atoms with Crippen LogP contribution in [0.1, 0.15) is 35.3 Å². The fourth-order valence-corrected chi connectivity index (χ4v) is 3.57. The van der Waals surface area contributed by atoms with E-state index in [1.165, 1.54) is 30.6 Å². The van der Waals surface area contributed by atoms with E-state index in [0.717, 1.165) is 31.0 Å². The quantitative estimate of drug-likeness (QED) is 0.902. The van der Waals surface area contributed by atoms with Gasteiger partial charge in [-0.05, 0) is 44.1 Å². The standard InChI is InChI=1S/C18H24N4OS/c1-21(2)16-8-6-7-14(11-16)17(23)20-18-19-15(13-24-18)12-22-9-4-3-5-10-22/h6-8,11,13H,3-5,9-10,12H2,1-2H3,(H,19,20,23). The van der Waals surface area contributed by atoms with Crippen LogP contribution in [0.5, 0.6) is 0 Å². The molecule has 1 N–H and O–H groups in total. The molecule has 0 aliphatic carbocycles. The number of carbonyl (C=O) groups is 1. The van der Waals surface area contributed by atoms with Crippen molar-refractivity contribution in [1.29, 1.82) is 0 Å². The van der Waals surface area contributed by atoms with Crippen LogP contribution >= 0.6 is 11.3 Å². The average molecular weight is 344 g/mol. The minimum atomic E-state index is -0.113. The van der Waals surface area contributed by atoms with Crippen LogP contribution in [0.25, 0.3) is 0 Å². The van der Waals surface area contributed by atoms with Crippen molar-refractivity contribution in [3.8, 4) is 0 Å². The lowest BCUT2D eigenvalue weighted by Crippen LogP contribution is -2.29. The van der Waals surface area contributed by atoms with Crippen LogP contribution in [0.2, 0.25) is 0 Å². The molecule has 2 heterocycles. The van der Waals surface area contributed by atoms with E-state index < -0.39 is 0 Å². The number of carbonyl (C=O) groups excluding carboxylic acids is 1. The number of benzene rings is 1. The zero-order valence-electron chi connectivity index (χ0n) is 14.3.